The number of phenols is 1. The molecule has 9 heteroatoms. The smallest absolute Gasteiger partial charge is 0.243 e. The van der Waals surface area contributed by atoms with Gasteiger partial charge < -0.3 is 10.4 Å². The van der Waals surface area contributed by atoms with Crippen LogP contribution in [0.3, 0.4) is 0 Å². The Labute approximate surface area is 173 Å². The molecule has 6 nitrogen and oxygen atoms in total. The lowest BCUT2D eigenvalue weighted by Gasteiger charge is -2.31. The number of sulfonamides is 1. The lowest BCUT2D eigenvalue weighted by atomic mass is 9.96. The Bertz CT molecular complexity index is 1080. The van der Waals surface area contributed by atoms with Crippen LogP contribution in [0.25, 0.3) is 0 Å². The van der Waals surface area contributed by atoms with Crippen molar-refractivity contribution in [3.8, 4) is 5.75 Å². The summed E-state index contributed by atoms with van der Waals surface area (Å²) >= 11 is 0. The normalized spacial score (nSPS) is 20.1. The predicted octanol–water partition coefficient (Wildman–Crippen LogP) is 2.87. The van der Waals surface area contributed by atoms with Gasteiger partial charge in [-0.15, -0.1) is 0 Å². The Hall–Kier alpha value is -2.52. The highest BCUT2D eigenvalue weighted by Gasteiger charge is 2.34. The van der Waals surface area contributed by atoms with E-state index in [2.05, 4.69) is 5.32 Å². The number of nitrogens with zero attached hydrogens (tertiary/aromatic N) is 1. The fraction of sp³-hybridized carbons (Fsp3) is 0.381. The lowest BCUT2D eigenvalue weighted by molar-refractivity contribution is -0.126. The van der Waals surface area contributed by atoms with Crippen molar-refractivity contribution in [1.82, 2.24) is 9.62 Å². The number of amides is 1. The van der Waals surface area contributed by atoms with E-state index in [9.17, 15) is 27.1 Å². The highest BCUT2D eigenvalue weighted by Crippen LogP contribution is 2.36. The molecule has 1 aliphatic carbocycles. The third-order valence-electron chi connectivity index (χ3n) is 5.92. The molecule has 0 aromatic heterocycles. The summed E-state index contributed by atoms with van der Waals surface area (Å²) < 4.78 is 53.1. The molecule has 0 spiro atoms. The van der Waals surface area contributed by atoms with Crippen LogP contribution in [0, 0.1) is 17.6 Å². The highest BCUT2D eigenvalue weighted by molar-refractivity contribution is 7.89. The van der Waals surface area contributed by atoms with Crippen LogP contribution in [0.5, 0.6) is 5.75 Å². The quantitative estimate of drug-likeness (QED) is 0.772. The number of fused-ring (bicyclic) bond motifs is 1. The summed E-state index contributed by atoms with van der Waals surface area (Å²) in [7, 11) is -3.95. The van der Waals surface area contributed by atoms with E-state index < -0.39 is 21.7 Å². The SMILES string of the molecule is O=C(NC1CCc2c(O)cccc21)C1CCN(S(=O)(=O)c2ccc(F)c(F)c2)CC1. The van der Waals surface area contributed by atoms with Gasteiger partial charge in [0, 0.05) is 19.0 Å². The molecule has 2 aromatic rings. The van der Waals surface area contributed by atoms with Gasteiger partial charge in [-0.3, -0.25) is 4.79 Å². The molecule has 1 saturated heterocycles. The van der Waals surface area contributed by atoms with Crippen LogP contribution in [0.2, 0.25) is 0 Å². The Kier molecular flexibility index (Phi) is 5.50. The fourth-order valence-electron chi connectivity index (χ4n) is 4.22. The van der Waals surface area contributed by atoms with Crippen molar-refractivity contribution in [2.75, 3.05) is 13.1 Å². The predicted molar refractivity (Wildman–Crippen MR) is 105 cm³/mol. The maximum atomic E-state index is 13.4. The van der Waals surface area contributed by atoms with Gasteiger partial charge in [0.25, 0.3) is 0 Å². The number of halogens is 2. The van der Waals surface area contributed by atoms with E-state index in [0.717, 1.165) is 23.3 Å². The van der Waals surface area contributed by atoms with Crippen LogP contribution < -0.4 is 5.32 Å². The number of piperidine rings is 1. The summed E-state index contributed by atoms with van der Waals surface area (Å²) in [5.41, 5.74) is 1.77. The van der Waals surface area contributed by atoms with E-state index in [1.807, 2.05) is 6.07 Å². The number of rotatable bonds is 4. The van der Waals surface area contributed by atoms with Crippen LogP contribution in [-0.2, 0) is 21.2 Å². The molecule has 2 N–H and O–H groups in total. The van der Waals surface area contributed by atoms with Gasteiger partial charge in [0.05, 0.1) is 10.9 Å². The molecular formula is C21H22F2N2O4S. The van der Waals surface area contributed by atoms with E-state index in [0.29, 0.717) is 31.7 Å². The Morgan fingerprint density at radius 3 is 2.50 bits per heavy atom. The van der Waals surface area contributed by atoms with E-state index in [4.69, 9.17) is 0 Å². The number of aromatic hydroxyl groups is 1. The maximum Gasteiger partial charge on any atom is 0.243 e. The highest BCUT2D eigenvalue weighted by atomic mass is 32.2. The van der Waals surface area contributed by atoms with Gasteiger partial charge >= 0.3 is 0 Å². The monoisotopic (exact) mass is 436 g/mol. The summed E-state index contributed by atoms with van der Waals surface area (Å²) in [4.78, 5) is 12.4. The molecule has 1 amide bonds. The van der Waals surface area contributed by atoms with Crippen LogP contribution in [0.15, 0.2) is 41.3 Å². The van der Waals surface area contributed by atoms with Gasteiger partial charge in [-0.25, -0.2) is 17.2 Å². The third-order valence-corrected chi connectivity index (χ3v) is 7.81. The van der Waals surface area contributed by atoms with Gasteiger partial charge in [0.15, 0.2) is 11.6 Å². The van der Waals surface area contributed by atoms with E-state index in [-0.39, 0.29) is 41.6 Å². The number of carbonyl (C=O) groups excluding carboxylic acids is 1. The molecular weight excluding hydrogens is 414 g/mol. The maximum absolute atomic E-state index is 13.4. The summed E-state index contributed by atoms with van der Waals surface area (Å²) in [5, 5.41) is 13.0. The Balaban J connectivity index is 1.38. The van der Waals surface area contributed by atoms with E-state index >= 15 is 0 Å². The van der Waals surface area contributed by atoms with Crippen LogP contribution in [-0.4, -0.2) is 36.8 Å². The molecule has 2 aromatic carbocycles. The molecule has 2 aliphatic rings. The van der Waals surface area contributed by atoms with Gasteiger partial charge in [0.1, 0.15) is 5.75 Å². The van der Waals surface area contributed by atoms with Crippen LogP contribution in [0.4, 0.5) is 8.78 Å². The molecule has 1 heterocycles. The van der Waals surface area contributed by atoms with Crippen molar-refractivity contribution >= 4 is 15.9 Å². The number of phenolic OH excluding ortho intramolecular Hbond substituents is 1. The van der Waals surface area contributed by atoms with Crippen LogP contribution >= 0.6 is 0 Å². The standard InChI is InChI=1S/C21H22F2N2O4S/c22-17-6-4-14(12-18(17)23)30(28,29)25-10-8-13(9-11-25)21(27)24-19-7-5-16-15(19)2-1-3-20(16)26/h1-4,6,12-13,19,26H,5,7-11H2,(H,24,27). The van der Waals surface area contributed by atoms with Crippen molar-refractivity contribution in [2.45, 2.75) is 36.6 Å². The average Bonchev–Trinajstić information content (AvgIpc) is 3.14. The zero-order valence-corrected chi connectivity index (χ0v) is 17.0. The summed E-state index contributed by atoms with van der Waals surface area (Å²) in [6, 6.07) is 7.62. The number of hydrogen-bond donors (Lipinski definition) is 2. The molecule has 1 unspecified atom stereocenters. The molecule has 160 valence electrons. The van der Waals surface area contributed by atoms with Crippen molar-refractivity contribution in [3.63, 3.8) is 0 Å². The summed E-state index contributed by atoms with van der Waals surface area (Å²) in [6.07, 6.45) is 2.09. The topological polar surface area (TPSA) is 86.7 Å². The number of benzene rings is 2. The fourth-order valence-corrected chi connectivity index (χ4v) is 5.70. The number of hydrogen-bond acceptors (Lipinski definition) is 4. The Morgan fingerprint density at radius 1 is 1.07 bits per heavy atom. The number of carbonyl (C=O) groups is 1. The molecule has 1 fully saturated rings. The minimum absolute atomic E-state index is 0.126. The molecule has 1 aliphatic heterocycles. The van der Waals surface area contributed by atoms with Gasteiger partial charge in [0.2, 0.25) is 15.9 Å². The first-order valence-corrected chi connectivity index (χ1v) is 11.3. The molecule has 0 radical (unpaired) electrons. The zero-order chi connectivity index (χ0) is 21.5. The Morgan fingerprint density at radius 2 is 1.80 bits per heavy atom. The summed E-state index contributed by atoms with van der Waals surface area (Å²) in [6.45, 7) is 0.253. The molecule has 30 heavy (non-hydrogen) atoms. The van der Waals surface area contributed by atoms with E-state index in [1.165, 1.54) is 4.31 Å². The van der Waals surface area contributed by atoms with Gasteiger partial charge in [-0.2, -0.15) is 4.31 Å². The third kappa shape index (κ3) is 3.79. The van der Waals surface area contributed by atoms with Gasteiger partial charge in [-0.05, 0) is 61.1 Å². The molecule has 0 saturated carbocycles. The first-order chi connectivity index (χ1) is 14.3. The van der Waals surface area contributed by atoms with Crippen molar-refractivity contribution in [3.05, 3.63) is 59.2 Å². The average molecular weight is 436 g/mol. The molecule has 0 bridgehead atoms. The van der Waals surface area contributed by atoms with Crippen LogP contribution in [0.1, 0.15) is 36.4 Å². The molecule has 1 atom stereocenters. The summed E-state index contributed by atoms with van der Waals surface area (Å²) in [5.74, 6) is -2.55. The number of nitrogens with one attached hydrogen (secondary N) is 1. The van der Waals surface area contributed by atoms with Gasteiger partial charge in [-0.1, -0.05) is 12.1 Å². The van der Waals surface area contributed by atoms with E-state index in [1.54, 1.807) is 12.1 Å². The first kappa shape index (κ1) is 20.7. The second-order valence-electron chi connectivity index (χ2n) is 7.70. The van der Waals surface area contributed by atoms with Crippen molar-refractivity contribution < 1.29 is 27.1 Å². The van der Waals surface area contributed by atoms with Crippen molar-refractivity contribution in [1.29, 1.82) is 0 Å². The second-order valence-corrected chi connectivity index (χ2v) is 9.64. The molecule has 4 rings (SSSR count). The van der Waals surface area contributed by atoms with Crippen molar-refractivity contribution in [2.24, 2.45) is 5.92 Å². The minimum atomic E-state index is -3.95. The zero-order valence-electron chi connectivity index (χ0n) is 16.1. The second kappa shape index (κ2) is 7.96. The minimum Gasteiger partial charge on any atom is -0.508 e. The largest absolute Gasteiger partial charge is 0.508 e. The lowest BCUT2D eigenvalue weighted by Crippen LogP contribution is -2.43. The first-order valence-electron chi connectivity index (χ1n) is 9.83.